The molecule has 0 fully saturated rings. The van der Waals surface area contributed by atoms with Crippen LogP contribution in [0.1, 0.15) is 4.11 Å². The molecule has 0 spiro atoms. The molecule has 0 bridgehead atoms. The van der Waals surface area contributed by atoms with Crippen molar-refractivity contribution in [1.29, 1.82) is 0 Å². The lowest BCUT2D eigenvalue weighted by molar-refractivity contribution is -0.133. The number of carbonyl (C=O) groups excluding carboxylic acids is 1. The molecular formula is C19H15F2NO5. The number of carbonyl (C=O) groups is 2. The highest BCUT2D eigenvalue weighted by Gasteiger charge is 2.27. The standard InChI is InChI=1S/C19H15F2NO5/c1-26-12-4-2-3-10(5-12)11-6-15(20)17(16(21)7-11)22-18(23)13-8-27-9-14(13)19(24)25/h2-7H,8-9H2,1H3,(H,22,23)(H,24,25)/i1D3. The molecule has 0 radical (unpaired) electrons. The molecule has 1 heterocycles. The number of aliphatic carboxylic acids is 1. The summed E-state index contributed by atoms with van der Waals surface area (Å²) >= 11 is 0. The van der Waals surface area contributed by atoms with Gasteiger partial charge in [0.2, 0.25) is 0 Å². The maximum atomic E-state index is 14.5. The molecule has 0 atom stereocenters. The summed E-state index contributed by atoms with van der Waals surface area (Å²) in [5.41, 5.74) is -0.889. The number of rotatable bonds is 5. The number of ether oxygens (including phenoxy) is 2. The Labute approximate surface area is 157 Å². The lowest BCUT2D eigenvalue weighted by atomic mass is 10.0. The zero-order valence-corrected chi connectivity index (χ0v) is 13.7. The van der Waals surface area contributed by atoms with Crippen molar-refractivity contribution >= 4 is 17.6 Å². The van der Waals surface area contributed by atoms with Gasteiger partial charge in [-0.3, -0.25) is 4.79 Å². The molecule has 1 amide bonds. The van der Waals surface area contributed by atoms with Crippen molar-refractivity contribution in [2.24, 2.45) is 0 Å². The fraction of sp³-hybridized carbons (Fsp3) is 0.158. The number of benzene rings is 2. The third kappa shape index (κ3) is 3.80. The minimum absolute atomic E-state index is 0.0138. The Kier molecular flexibility index (Phi) is 4.15. The van der Waals surface area contributed by atoms with Crippen molar-refractivity contribution in [3.63, 3.8) is 0 Å². The van der Waals surface area contributed by atoms with Gasteiger partial charge in [0.15, 0.2) is 0 Å². The van der Waals surface area contributed by atoms with Crippen LogP contribution in [0.25, 0.3) is 11.1 Å². The third-order valence-electron chi connectivity index (χ3n) is 3.96. The first-order valence-electron chi connectivity index (χ1n) is 9.18. The number of hydrogen-bond acceptors (Lipinski definition) is 4. The van der Waals surface area contributed by atoms with Crippen LogP contribution in [0.4, 0.5) is 14.5 Å². The normalized spacial score (nSPS) is 15.7. The van der Waals surface area contributed by atoms with Gasteiger partial charge < -0.3 is 19.9 Å². The molecule has 1 aliphatic heterocycles. The molecule has 0 saturated heterocycles. The average Bonchev–Trinajstić information content (AvgIpc) is 3.13. The van der Waals surface area contributed by atoms with E-state index in [4.69, 9.17) is 18.7 Å². The molecular weight excluding hydrogens is 360 g/mol. The largest absolute Gasteiger partial charge is 0.497 e. The van der Waals surface area contributed by atoms with Crippen LogP contribution in [0.3, 0.4) is 0 Å². The summed E-state index contributed by atoms with van der Waals surface area (Å²) in [6, 6.07) is 7.55. The molecule has 140 valence electrons. The van der Waals surface area contributed by atoms with Gasteiger partial charge in [-0.25, -0.2) is 13.6 Å². The van der Waals surface area contributed by atoms with Crippen LogP contribution < -0.4 is 10.1 Å². The van der Waals surface area contributed by atoms with Crippen molar-refractivity contribution < 1.29 is 37.1 Å². The molecule has 27 heavy (non-hydrogen) atoms. The topological polar surface area (TPSA) is 84.9 Å². The second-order valence-electron chi connectivity index (χ2n) is 5.65. The van der Waals surface area contributed by atoms with E-state index in [1.165, 1.54) is 24.3 Å². The van der Waals surface area contributed by atoms with Crippen LogP contribution in [0, 0.1) is 11.6 Å². The van der Waals surface area contributed by atoms with E-state index in [1.54, 1.807) is 0 Å². The fourth-order valence-electron chi connectivity index (χ4n) is 2.61. The van der Waals surface area contributed by atoms with Crippen LogP contribution in [-0.4, -0.2) is 37.2 Å². The van der Waals surface area contributed by atoms with Crippen molar-refractivity contribution in [2.75, 3.05) is 25.6 Å². The second-order valence-corrected chi connectivity index (χ2v) is 5.65. The van der Waals surface area contributed by atoms with E-state index in [0.717, 1.165) is 12.1 Å². The summed E-state index contributed by atoms with van der Waals surface area (Å²) in [5.74, 6) is -4.55. The Bertz CT molecular complexity index is 1030. The first-order valence-corrected chi connectivity index (χ1v) is 7.68. The molecule has 0 aliphatic carbocycles. The zero-order chi connectivity index (χ0) is 22.1. The van der Waals surface area contributed by atoms with Gasteiger partial charge in [-0.1, -0.05) is 12.1 Å². The fourth-order valence-corrected chi connectivity index (χ4v) is 2.61. The number of hydrogen-bond donors (Lipinski definition) is 2. The Morgan fingerprint density at radius 3 is 2.52 bits per heavy atom. The van der Waals surface area contributed by atoms with E-state index in [-0.39, 0.29) is 41.2 Å². The number of nitrogens with one attached hydrogen (secondary N) is 1. The summed E-state index contributed by atoms with van der Waals surface area (Å²) in [5, 5.41) is 11.1. The molecule has 1 aliphatic rings. The summed E-state index contributed by atoms with van der Waals surface area (Å²) in [6.45, 7) is -0.568. The van der Waals surface area contributed by atoms with Crippen molar-refractivity contribution in [2.45, 2.75) is 0 Å². The molecule has 0 unspecified atom stereocenters. The number of carboxylic acid groups (broad SMARTS) is 1. The summed E-state index contributed by atoms with van der Waals surface area (Å²) in [6.07, 6.45) is 0. The average molecular weight is 378 g/mol. The third-order valence-corrected chi connectivity index (χ3v) is 3.96. The van der Waals surface area contributed by atoms with Crippen LogP contribution in [-0.2, 0) is 14.3 Å². The van der Waals surface area contributed by atoms with Gasteiger partial charge in [0.25, 0.3) is 5.91 Å². The molecule has 0 saturated carbocycles. The van der Waals surface area contributed by atoms with Gasteiger partial charge in [0, 0.05) is 0 Å². The lowest BCUT2D eigenvalue weighted by Crippen LogP contribution is -2.20. The molecule has 6 nitrogen and oxygen atoms in total. The highest BCUT2D eigenvalue weighted by Crippen LogP contribution is 2.30. The number of halogens is 2. The Hall–Kier alpha value is -3.26. The monoisotopic (exact) mass is 378 g/mol. The van der Waals surface area contributed by atoms with E-state index < -0.39 is 36.2 Å². The van der Waals surface area contributed by atoms with Gasteiger partial charge >= 0.3 is 5.97 Å². The summed E-state index contributed by atoms with van der Waals surface area (Å²) in [4.78, 5) is 23.4. The predicted molar refractivity (Wildman–Crippen MR) is 92.5 cm³/mol. The zero-order valence-electron chi connectivity index (χ0n) is 16.7. The van der Waals surface area contributed by atoms with Gasteiger partial charge in [-0.2, -0.15) is 0 Å². The van der Waals surface area contributed by atoms with Gasteiger partial charge in [0.1, 0.15) is 23.1 Å². The first kappa shape index (κ1) is 14.9. The van der Waals surface area contributed by atoms with Crippen LogP contribution >= 0.6 is 0 Å². The molecule has 2 aromatic rings. The minimum Gasteiger partial charge on any atom is -0.497 e. The number of carboxylic acids is 1. The number of methoxy groups -OCH3 is 1. The highest BCUT2D eigenvalue weighted by atomic mass is 19.1. The van der Waals surface area contributed by atoms with Gasteiger partial charge in [0.05, 0.1) is 35.5 Å². The van der Waals surface area contributed by atoms with Crippen LogP contribution in [0.2, 0.25) is 0 Å². The molecule has 2 N–H and O–H groups in total. The van der Waals surface area contributed by atoms with E-state index in [2.05, 4.69) is 0 Å². The lowest BCUT2D eigenvalue weighted by Gasteiger charge is -2.11. The summed E-state index contributed by atoms with van der Waals surface area (Å²) in [7, 11) is -2.68. The van der Waals surface area contributed by atoms with E-state index in [1.807, 2.05) is 5.32 Å². The summed E-state index contributed by atoms with van der Waals surface area (Å²) < 4.78 is 60.1. The minimum atomic E-state index is -2.68. The Morgan fingerprint density at radius 1 is 1.15 bits per heavy atom. The smallest absolute Gasteiger partial charge is 0.334 e. The van der Waals surface area contributed by atoms with Gasteiger partial charge in [-0.15, -0.1) is 0 Å². The van der Waals surface area contributed by atoms with Crippen molar-refractivity contribution in [1.82, 2.24) is 0 Å². The maximum absolute atomic E-state index is 14.5. The van der Waals surface area contributed by atoms with E-state index in [0.29, 0.717) is 0 Å². The Morgan fingerprint density at radius 2 is 1.85 bits per heavy atom. The van der Waals surface area contributed by atoms with Crippen molar-refractivity contribution in [3.8, 4) is 16.9 Å². The first-order chi connectivity index (χ1) is 14.0. The van der Waals surface area contributed by atoms with Crippen LogP contribution in [0.5, 0.6) is 5.75 Å². The second kappa shape index (κ2) is 7.55. The Balaban J connectivity index is 1.88. The number of amides is 1. The highest BCUT2D eigenvalue weighted by molar-refractivity contribution is 6.09. The molecule has 8 heteroatoms. The quantitative estimate of drug-likeness (QED) is 0.836. The SMILES string of the molecule is [2H]C([2H])([2H])Oc1cccc(-c2cc(F)c(NC(=O)C3=C(C(=O)O)COC3)c(F)c2)c1. The molecule has 0 aromatic heterocycles. The maximum Gasteiger partial charge on any atom is 0.334 e. The van der Waals surface area contributed by atoms with E-state index in [9.17, 15) is 18.4 Å². The van der Waals surface area contributed by atoms with Crippen LogP contribution in [0.15, 0.2) is 47.5 Å². The van der Waals surface area contributed by atoms with Crippen molar-refractivity contribution in [3.05, 3.63) is 59.2 Å². The number of anilines is 1. The predicted octanol–water partition coefficient (Wildman–Crippen LogP) is 2.99. The molecule has 2 aromatic carbocycles. The van der Waals surface area contributed by atoms with Gasteiger partial charge in [-0.05, 0) is 35.4 Å². The van der Waals surface area contributed by atoms with E-state index >= 15 is 0 Å². The molecule has 3 rings (SSSR count).